The molecule has 12 heteroatoms. The monoisotopic (exact) mass is 459 g/mol. The van der Waals surface area contributed by atoms with E-state index in [1.807, 2.05) is 0 Å². The van der Waals surface area contributed by atoms with E-state index in [2.05, 4.69) is 4.84 Å². The summed E-state index contributed by atoms with van der Waals surface area (Å²) in [6.45, 7) is 0.489. The highest BCUT2D eigenvalue weighted by atomic mass is 32.2. The van der Waals surface area contributed by atoms with E-state index >= 15 is 0 Å². The van der Waals surface area contributed by atoms with Crippen LogP contribution >= 0.6 is 0 Å². The van der Waals surface area contributed by atoms with Crippen LogP contribution in [0.3, 0.4) is 0 Å². The zero-order valence-electron chi connectivity index (χ0n) is 17.2. The normalized spacial score (nSPS) is 19.6. The molecule has 0 N–H and O–H groups in total. The van der Waals surface area contributed by atoms with Gasteiger partial charge >= 0.3 is 5.97 Å². The van der Waals surface area contributed by atoms with Crippen LogP contribution in [-0.2, 0) is 38.9 Å². The molecule has 1 unspecified atom stereocenters. The molecule has 0 saturated carbocycles. The number of carbonyl (C=O) groups excluding carboxylic acids is 5. The number of unbranched alkanes of at least 4 members (excludes halogenated alkanes) is 7. The molecule has 0 aromatic rings. The molecule has 4 amide bonds. The standard InChI is InChI=1S/C19H28N2O9S/c22-15-10-11-16(23)20(15)12-8-6-4-2-1-3-5-7-9-18(25)30-21-17(24)13-14(19(21)26)31(27,28)29/h14H,1-13H2,(H,27,28,29)/p-1. The Labute approximate surface area is 180 Å². The van der Waals surface area contributed by atoms with E-state index < -0.39 is 39.6 Å². The lowest BCUT2D eigenvalue weighted by molar-refractivity contribution is -0.197. The number of imide groups is 2. The fraction of sp³-hybridized carbons (Fsp3) is 0.737. The van der Waals surface area contributed by atoms with E-state index in [1.54, 1.807) is 0 Å². The SMILES string of the molecule is O=C(CCCCCCCCCCN1C(=O)CCC1=O)ON1C(=O)CC(S(=O)(=O)[O-])C1=O. The van der Waals surface area contributed by atoms with Gasteiger partial charge in [-0.05, 0) is 12.8 Å². The number of carbonyl (C=O) groups is 5. The summed E-state index contributed by atoms with van der Waals surface area (Å²) in [6, 6.07) is 0. The zero-order chi connectivity index (χ0) is 23.0. The molecule has 0 aromatic carbocycles. The summed E-state index contributed by atoms with van der Waals surface area (Å²) in [7, 11) is -4.98. The maximum atomic E-state index is 11.8. The smallest absolute Gasteiger partial charge is 0.333 e. The van der Waals surface area contributed by atoms with Crippen molar-refractivity contribution in [2.24, 2.45) is 0 Å². The summed E-state index contributed by atoms with van der Waals surface area (Å²) in [6.07, 6.45) is 6.56. The number of likely N-dealkylation sites (tertiary alicyclic amines) is 1. The predicted octanol–water partition coefficient (Wildman–Crippen LogP) is 0.777. The van der Waals surface area contributed by atoms with Crippen molar-refractivity contribution in [3.05, 3.63) is 0 Å². The van der Waals surface area contributed by atoms with Gasteiger partial charge in [0.15, 0.2) is 0 Å². The quantitative estimate of drug-likeness (QED) is 0.220. The second kappa shape index (κ2) is 11.3. The molecule has 0 bridgehead atoms. The average molecular weight is 459 g/mol. The Morgan fingerprint density at radius 2 is 1.39 bits per heavy atom. The van der Waals surface area contributed by atoms with E-state index in [4.69, 9.17) is 0 Å². The third kappa shape index (κ3) is 7.39. The third-order valence-electron chi connectivity index (χ3n) is 5.27. The topological polar surface area (TPSA) is 158 Å². The molecule has 2 aliphatic rings. The maximum absolute atomic E-state index is 11.8. The molecule has 0 radical (unpaired) electrons. The Morgan fingerprint density at radius 3 is 1.90 bits per heavy atom. The number of hydrogen-bond donors (Lipinski definition) is 0. The van der Waals surface area contributed by atoms with Crippen LogP contribution in [0.25, 0.3) is 0 Å². The van der Waals surface area contributed by atoms with Crippen LogP contribution in [0, 0.1) is 0 Å². The third-order valence-corrected chi connectivity index (χ3v) is 6.34. The number of hydroxylamine groups is 2. The lowest BCUT2D eigenvalue weighted by atomic mass is 10.1. The van der Waals surface area contributed by atoms with Gasteiger partial charge in [-0.15, -0.1) is 5.06 Å². The molecule has 2 saturated heterocycles. The first-order valence-electron chi connectivity index (χ1n) is 10.5. The van der Waals surface area contributed by atoms with Crippen molar-refractivity contribution in [1.82, 2.24) is 9.96 Å². The van der Waals surface area contributed by atoms with Crippen LogP contribution in [-0.4, -0.2) is 64.3 Å². The van der Waals surface area contributed by atoms with Crippen molar-refractivity contribution in [3.63, 3.8) is 0 Å². The Kier molecular flexibility index (Phi) is 9.11. The molecule has 2 fully saturated rings. The fourth-order valence-corrected chi connectivity index (χ4v) is 4.21. The number of hydrogen-bond acceptors (Lipinski definition) is 9. The van der Waals surface area contributed by atoms with Crippen molar-refractivity contribution in [3.8, 4) is 0 Å². The summed E-state index contributed by atoms with van der Waals surface area (Å²) >= 11 is 0. The molecule has 0 aliphatic carbocycles. The first-order chi connectivity index (χ1) is 14.6. The van der Waals surface area contributed by atoms with E-state index in [0.29, 0.717) is 25.8 Å². The summed E-state index contributed by atoms with van der Waals surface area (Å²) in [4.78, 5) is 64.0. The van der Waals surface area contributed by atoms with Gasteiger partial charge in [0.2, 0.25) is 11.8 Å². The molecular weight excluding hydrogens is 432 g/mol. The summed E-state index contributed by atoms with van der Waals surface area (Å²) in [5, 5.41) is -1.96. The largest absolute Gasteiger partial charge is 0.747 e. The van der Waals surface area contributed by atoms with Gasteiger partial charge in [-0.3, -0.25) is 24.1 Å². The Bertz CT molecular complexity index is 808. The van der Waals surface area contributed by atoms with E-state index in [9.17, 15) is 36.9 Å². The molecule has 2 heterocycles. The number of rotatable bonds is 13. The highest BCUT2D eigenvalue weighted by molar-refractivity contribution is 7.87. The predicted molar refractivity (Wildman–Crippen MR) is 104 cm³/mol. The van der Waals surface area contributed by atoms with Crippen LogP contribution in [0.15, 0.2) is 0 Å². The molecule has 0 spiro atoms. The first kappa shape index (κ1) is 24.9. The lowest BCUT2D eigenvalue weighted by Crippen LogP contribution is -2.36. The molecule has 0 aromatic heterocycles. The Morgan fingerprint density at radius 1 is 0.871 bits per heavy atom. The van der Waals surface area contributed by atoms with Gasteiger partial charge in [0.25, 0.3) is 11.8 Å². The van der Waals surface area contributed by atoms with E-state index in [0.717, 1.165) is 44.9 Å². The fourth-order valence-electron chi connectivity index (χ4n) is 3.52. The minimum atomic E-state index is -4.98. The second-order valence-electron chi connectivity index (χ2n) is 7.69. The van der Waals surface area contributed by atoms with Crippen molar-refractivity contribution in [2.45, 2.75) is 82.3 Å². The minimum absolute atomic E-state index is 0.0380. The van der Waals surface area contributed by atoms with Crippen molar-refractivity contribution >= 4 is 39.7 Å². The second-order valence-corrected chi connectivity index (χ2v) is 9.25. The minimum Gasteiger partial charge on any atom is -0.747 e. The van der Waals surface area contributed by atoms with Gasteiger partial charge in [-0.25, -0.2) is 13.2 Å². The number of amides is 4. The molecule has 2 rings (SSSR count). The highest BCUT2D eigenvalue weighted by Gasteiger charge is 2.45. The van der Waals surface area contributed by atoms with Gasteiger partial charge in [-0.1, -0.05) is 38.5 Å². The van der Waals surface area contributed by atoms with Crippen molar-refractivity contribution < 1.29 is 41.8 Å². The van der Waals surface area contributed by atoms with Gasteiger partial charge in [0, 0.05) is 25.8 Å². The van der Waals surface area contributed by atoms with E-state index in [-0.39, 0.29) is 23.3 Å². The lowest BCUT2D eigenvalue weighted by Gasteiger charge is -2.15. The highest BCUT2D eigenvalue weighted by Crippen LogP contribution is 2.20. The molecule has 31 heavy (non-hydrogen) atoms. The average Bonchev–Trinajstić information content (AvgIpc) is 3.16. The van der Waals surface area contributed by atoms with Crippen LogP contribution in [0.1, 0.15) is 77.0 Å². The maximum Gasteiger partial charge on any atom is 0.333 e. The van der Waals surface area contributed by atoms with E-state index in [1.165, 1.54) is 4.90 Å². The summed E-state index contributed by atoms with van der Waals surface area (Å²) in [5.41, 5.74) is 0. The summed E-state index contributed by atoms with van der Waals surface area (Å²) in [5.74, 6) is -3.36. The summed E-state index contributed by atoms with van der Waals surface area (Å²) < 4.78 is 32.8. The molecule has 2 aliphatic heterocycles. The first-order valence-corrected chi connectivity index (χ1v) is 11.9. The van der Waals surface area contributed by atoms with Gasteiger partial charge in [-0.2, -0.15) is 0 Å². The van der Waals surface area contributed by atoms with Crippen molar-refractivity contribution in [2.75, 3.05) is 6.54 Å². The Hall–Kier alpha value is -2.34. The van der Waals surface area contributed by atoms with Gasteiger partial charge in [0.05, 0.1) is 6.42 Å². The van der Waals surface area contributed by atoms with Crippen LogP contribution in [0.2, 0.25) is 0 Å². The zero-order valence-corrected chi connectivity index (χ0v) is 18.1. The van der Waals surface area contributed by atoms with Crippen LogP contribution in [0.4, 0.5) is 0 Å². The van der Waals surface area contributed by atoms with Crippen LogP contribution in [0.5, 0.6) is 0 Å². The number of nitrogens with zero attached hydrogens (tertiary/aromatic N) is 2. The van der Waals surface area contributed by atoms with Gasteiger partial charge in [0.1, 0.15) is 15.4 Å². The molecule has 1 atom stereocenters. The van der Waals surface area contributed by atoms with Crippen molar-refractivity contribution in [1.29, 1.82) is 0 Å². The molecular formula is C19H27N2O9S-. The van der Waals surface area contributed by atoms with Crippen LogP contribution < -0.4 is 0 Å². The molecule has 11 nitrogen and oxygen atoms in total. The molecule has 174 valence electrons. The Balaban J connectivity index is 1.49. The van der Waals surface area contributed by atoms with Gasteiger partial charge < -0.3 is 9.39 Å².